The van der Waals surface area contributed by atoms with Gasteiger partial charge in [-0.3, -0.25) is 4.79 Å². The number of carbonyl (C=O) groups excluding carboxylic acids is 1. The highest BCUT2D eigenvalue weighted by atomic mass is 32.2. The van der Waals surface area contributed by atoms with Crippen molar-refractivity contribution in [1.29, 1.82) is 0 Å². The van der Waals surface area contributed by atoms with Crippen LogP contribution in [0.25, 0.3) is 0 Å². The number of rotatable bonds is 2. The molecule has 0 bridgehead atoms. The Bertz CT molecular complexity index is 303. The molecule has 16 heavy (non-hydrogen) atoms. The summed E-state index contributed by atoms with van der Waals surface area (Å²) < 4.78 is 0. The van der Waals surface area contributed by atoms with E-state index >= 15 is 0 Å². The van der Waals surface area contributed by atoms with Crippen molar-refractivity contribution in [2.24, 2.45) is 0 Å². The van der Waals surface area contributed by atoms with Crippen molar-refractivity contribution >= 4 is 23.6 Å². The molecule has 0 spiro atoms. The van der Waals surface area contributed by atoms with Crippen molar-refractivity contribution in [3.05, 3.63) is 0 Å². The maximum absolute atomic E-state index is 12.0. The van der Waals surface area contributed by atoms with Crippen molar-refractivity contribution < 1.29 is 19.8 Å². The molecule has 0 saturated carbocycles. The normalized spacial score (nSPS) is 34.3. The van der Waals surface area contributed by atoms with Gasteiger partial charge in [-0.05, 0) is 18.6 Å². The fourth-order valence-corrected chi connectivity index (χ4v) is 3.48. The third kappa shape index (κ3) is 2.17. The number of aliphatic hydroxyl groups is 1. The molecule has 2 N–H and O–H groups in total. The predicted molar refractivity (Wildman–Crippen MR) is 59.2 cm³/mol. The Labute approximate surface area is 97.8 Å². The molecule has 3 unspecified atom stereocenters. The zero-order chi connectivity index (χ0) is 11.7. The number of hydrogen-bond donors (Lipinski definition) is 2. The van der Waals surface area contributed by atoms with Gasteiger partial charge in [0, 0.05) is 13.0 Å². The standard InChI is InChI=1S/C10H15NO4S/c12-6-4-7(10(14)15)11(5-6)9(13)8-2-1-3-16-8/h6-8,12H,1-5H2,(H,14,15). The van der Waals surface area contributed by atoms with Crippen molar-refractivity contribution in [1.82, 2.24) is 4.90 Å². The Morgan fingerprint density at radius 1 is 1.38 bits per heavy atom. The third-order valence-corrected chi connectivity index (χ3v) is 4.42. The lowest BCUT2D eigenvalue weighted by molar-refractivity contribution is -0.148. The summed E-state index contributed by atoms with van der Waals surface area (Å²) in [5.74, 6) is -0.177. The van der Waals surface area contributed by atoms with E-state index in [1.54, 1.807) is 11.8 Å². The monoisotopic (exact) mass is 245 g/mol. The molecule has 90 valence electrons. The van der Waals surface area contributed by atoms with Crippen LogP contribution in [-0.2, 0) is 9.59 Å². The highest BCUT2D eigenvalue weighted by molar-refractivity contribution is 8.00. The molecule has 2 heterocycles. The van der Waals surface area contributed by atoms with Gasteiger partial charge in [0.15, 0.2) is 0 Å². The lowest BCUT2D eigenvalue weighted by atomic mass is 10.2. The molecule has 2 aliphatic heterocycles. The summed E-state index contributed by atoms with van der Waals surface area (Å²) in [5, 5.41) is 18.3. The summed E-state index contributed by atoms with van der Waals surface area (Å²) in [6.07, 6.45) is 1.28. The molecule has 2 saturated heterocycles. The molecule has 0 aromatic heterocycles. The SMILES string of the molecule is O=C(O)C1CC(O)CN1C(=O)C1CCCS1. The summed E-state index contributed by atoms with van der Waals surface area (Å²) >= 11 is 1.59. The second-order valence-corrected chi connectivity index (χ2v) is 5.55. The van der Waals surface area contributed by atoms with Crippen LogP contribution < -0.4 is 0 Å². The van der Waals surface area contributed by atoms with Crippen LogP contribution in [0.3, 0.4) is 0 Å². The van der Waals surface area contributed by atoms with Gasteiger partial charge in [0.05, 0.1) is 11.4 Å². The molecule has 6 heteroatoms. The van der Waals surface area contributed by atoms with E-state index in [9.17, 15) is 14.7 Å². The molecule has 0 aromatic rings. The number of hydrogen-bond acceptors (Lipinski definition) is 4. The van der Waals surface area contributed by atoms with E-state index in [4.69, 9.17) is 5.11 Å². The number of thioether (sulfide) groups is 1. The van der Waals surface area contributed by atoms with E-state index in [2.05, 4.69) is 0 Å². The number of aliphatic carboxylic acids is 1. The Balaban J connectivity index is 2.06. The Morgan fingerprint density at radius 2 is 2.12 bits per heavy atom. The predicted octanol–water partition coefficient (Wildman–Crippen LogP) is -0.0716. The van der Waals surface area contributed by atoms with Gasteiger partial charge in [-0.1, -0.05) is 0 Å². The van der Waals surface area contributed by atoms with Crippen molar-refractivity contribution in [2.45, 2.75) is 36.7 Å². The van der Waals surface area contributed by atoms with Crippen LogP contribution in [-0.4, -0.2) is 56.7 Å². The van der Waals surface area contributed by atoms with E-state index < -0.39 is 18.1 Å². The average Bonchev–Trinajstić information content (AvgIpc) is 2.84. The fourth-order valence-electron chi connectivity index (χ4n) is 2.25. The summed E-state index contributed by atoms with van der Waals surface area (Å²) in [7, 11) is 0. The first kappa shape index (κ1) is 11.7. The van der Waals surface area contributed by atoms with Crippen LogP contribution in [0.15, 0.2) is 0 Å². The van der Waals surface area contributed by atoms with Gasteiger partial charge in [0.25, 0.3) is 0 Å². The number of aliphatic hydroxyl groups excluding tert-OH is 1. The van der Waals surface area contributed by atoms with E-state index in [0.29, 0.717) is 0 Å². The topological polar surface area (TPSA) is 77.8 Å². The molecule has 5 nitrogen and oxygen atoms in total. The summed E-state index contributed by atoms with van der Waals surface area (Å²) in [6.45, 7) is 0.160. The lowest BCUT2D eigenvalue weighted by Crippen LogP contribution is -2.44. The molecule has 0 aliphatic carbocycles. The zero-order valence-electron chi connectivity index (χ0n) is 8.83. The van der Waals surface area contributed by atoms with Crippen LogP contribution in [0.2, 0.25) is 0 Å². The number of β-amino-alcohol motifs (C(OH)–C–C–N with tert-alkyl or cyclic N) is 1. The lowest BCUT2D eigenvalue weighted by Gasteiger charge is -2.23. The van der Waals surface area contributed by atoms with Gasteiger partial charge >= 0.3 is 5.97 Å². The Morgan fingerprint density at radius 3 is 2.69 bits per heavy atom. The molecule has 1 amide bonds. The summed E-state index contributed by atoms with van der Waals surface area (Å²) in [5.41, 5.74) is 0. The van der Waals surface area contributed by atoms with Gasteiger partial charge < -0.3 is 15.1 Å². The molecule has 0 radical (unpaired) electrons. The number of likely N-dealkylation sites (tertiary alicyclic amines) is 1. The smallest absolute Gasteiger partial charge is 0.326 e. The average molecular weight is 245 g/mol. The minimum atomic E-state index is -1.02. The van der Waals surface area contributed by atoms with Gasteiger partial charge in [-0.25, -0.2) is 4.79 Å². The number of carbonyl (C=O) groups is 2. The molecule has 2 fully saturated rings. The van der Waals surface area contributed by atoms with Crippen molar-refractivity contribution in [3.63, 3.8) is 0 Å². The highest BCUT2D eigenvalue weighted by Crippen LogP contribution is 2.30. The Hall–Kier alpha value is -0.750. The fraction of sp³-hybridized carbons (Fsp3) is 0.800. The second-order valence-electron chi connectivity index (χ2n) is 4.24. The largest absolute Gasteiger partial charge is 0.480 e. The van der Waals surface area contributed by atoms with E-state index in [0.717, 1.165) is 18.6 Å². The summed E-state index contributed by atoms with van der Waals surface area (Å²) in [4.78, 5) is 24.3. The van der Waals surface area contributed by atoms with E-state index in [1.165, 1.54) is 4.90 Å². The van der Waals surface area contributed by atoms with E-state index in [-0.39, 0.29) is 24.1 Å². The maximum atomic E-state index is 12.0. The minimum Gasteiger partial charge on any atom is -0.480 e. The summed E-state index contributed by atoms with van der Waals surface area (Å²) in [6, 6.07) is -0.844. The van der Waals surface area contributed by atoms with Gasteiger partial charge in [-0.2, -0.15) is 0 Å². The first-order valence-corrected chi connectivity index (χ1v) is 6.47. The van der Waals surface area contributed by atoms with E-state index in [1.807, 2.05) is 0 Å². The first-order valence-electron chi connectivity index (χ1n) is 5.42. The van der Waals surface area contributed by atoms with Gasteiger partial charge in [0.2, 0.25) is 5.91 Å². The minimum absolute atomic E-state index is 0.104. The van der Waals surface area contributed by atoms with Crippen LogP contribution in [0.5, 0.6) is 0 Å². The number of carboxylic acids is 1. The molecule has 2 aliphatic rings. The maximum Gasteiger partial charge on any atom is 0.326 e. The Kier molecular flexibility index (Phi) is 3.39. The number of amides is 1. The number of carboxylic acid groups (broad SMARTS) is 1. The quantitative estimate of drug-likeness (QED) is 0.712. The second kappa shape index (κ2) is 4.63. The zero-order valence-corrected chi connectivity index (χ0v) is 9.65. The van der Waals surface area contributed by atoms with Crippen LogP contribution in [0.4, 0.5) is 0 Å². The highest BCUT2D eigenvalue weighted by Gasteiger charge is 2.41. The van der Waals surface area contributed by atoms with Crippen LogP contribution in [0.1, 0.15) is 19.3 Å². The van der Waals surface area contributed by atoms with Crippen LogP contribution >= 0.6 is 11.8 Å². The van der Waals surface area contributed by atoms with Crippen molar-refractivity contribution in [2.75, 3.05) is 12.3 Å². The van der Waals surface area contributed by atoms with Gasteiger partial charge in [-0.15, -0.1) is 11.8 Å². The first-order chi connectivity index (χ1) is 7.59. The molecule has 0 aromatic carbocycles. The van der Waals surface area contributed by atoms with Crippen molar-refractivity contribution in [3.8, 4) is 0 Å². The molecule has 2 rings (SSSR count). The molecular formula is C10H15NO4S. The molecule has 3 atom stereocenters. The van der Waals surface area contributed by atoms with Crippen LogP contribution in [0, 0.1) is 0 Å². The van der Waals surface area contributed by atoms with Gasteiger partial charge in [0.1, 0.15) is 6.04 Å². The number of nitrogens with zero attached hydrogens (tertiary/aromatic N) is 1. The third-order valence-electron chi connectivity index (χ3n) is 3.05. The molecular weight excluding hydrogens is 230 g/mol.